The lowest BCUT2D eigenvalue weighted by Gasteiger charge is -2.26. The third-order valence-corrected chi connectivity index (χ3v) is 6.22. The van der Waals surface area contributed by atoms with E-state index in [1.54, 1.807) is 16.8 Å². The molecule has 4 aromatic rings. The highest BCUT2D eigenvalue weighted by molar-refractivity contribution is 5.99. The Kier molecular flexibility index (Phi) is 7.57. The topological polar surface area (TPSA) is 119 Å². The quantitative estimate of drug-likeness (QED) is 0.328. The van der Waals surface area contributed by atoms with Crippen LogP contribution in [0.3, 0.4) is 0 Å². The zero-order chi connectivity index (χ0) is 26.5. The molecule has 0 atom stereocenters. The number of nitrogens with one attached hydrogen (secondary N) is 2. The lowest BCUT2D eigenvalue weighted by Crippen LogP contribution is -2.37. The number of benzene rings is 1. The predicted octanol–water partition coefficient (Wildman–Crippen LogP) is 4.43. The van der Waals surface area contributed by atoms with Crippen LogP contribution in [-0.2, 0) is 10.2 Å². The predicted molar refractivity (Wildman–Crippen MR) is 144 cm³/mol. The third kappa shape index (κ3) is 6.48. The molecule has 0 spiro atoms. The number of aromatic nitrogens is 4. The SMILES string of the molecule is CC(C)(C)c1cc(NC(=O)Nc2ccc(-c3cn4ncc(OCCCN5CCOCC5)cc4n3)cc2)no1. The smallest absolute Gasteiger partial charge is 0.324 e. The summed E-state index contributed by atoms with van der Waals surface area (Å²) in [6.45, 7) is 11.2. The number of hydrogen-bond acceptors (Lipinski definition) is 8. The molecule has 5 rings (SSSR count). The molecule has 0 bridgehead atoms. The van der Waals surface area contributed by atoms with E-state index in [-0.39, 0.29) is 5.41 Å². The number of nitrogens with zero attached hydrogens (tertiary/aromatic N) is 5. The molecule has 1 aromatic carbocycles. The number of hydrogen-bond donors (Lipinski definition) is 2. The number of anilines is 2. The maximum atomic E-state index is 12.4. The van der Waals surface area contributed by atoms with Gasteiger partial charge in [-0.25, -0.2) is 14.3 Å². The first-order chi connectivity index (χ1) is 18.3. The molecule has 1 fully saturated rings. The van der Waals surface area contributed by atoms with E-state index >= 15 is 0 Å². The van der Waals surface area contributed by atoms with Crippen LogP contribution < -0.4 is 15.4 Å². The van der Waals surface area contributed by atoms with Crippen LogP contribution in [0.2, 0.25) is 0 Å². The van der Waals surface area contributed by atoms with Crippen molar-refractivity contribution in [3.05, 3.63) is 54.6 Å². The molecule has 1 saturated heterocycles. The van der Waals surface area contributed by atoms with Gasteiger partial charge in [0.15, 0.2) is 11.5 Å². The van der Waals surface area contributed by atoms with E-state index in [9.17, 15) is 4.79 Å². The van der Waals surface area contributed by atoms with Crippen LogP contribution in [0.25, 0.3) is 16.9 Å². The summed E-state index contributed by atoms with van der Waals surface area (Å²) in [6.07, 6.45) is 4.52. The zero-order valence-corrected chi connectivity index (χ0v) is 21.9. The normalized spacial score (nSPS) is 14.5. The Hall–Kier alpha value is -3.96. The summed E-state index contributed by atoms with van der Waals surface area (Å²) >= 11 is 0. The fourth-order valence-electron chi connectivity index (χ4n) is 4.07. The number of rotatable bonds is 8. The molecule has 3 aromatic heterocycles. The van der Waals surface area contributed by atoms with E-state index in [1.807, 2.05) is 57.3 Å². The lowest BCUT2D eigenvalue weighted by atomic mass is 9.93. The molecule has 11 heteroatoms. The van der Waals surface area contributed by atoms with Crippen LogP contribution in [0.15, 0.2) is 53.3 Å². The third-order valence-electron chi connectivity index (χ3n) is 6.22. The molecule has 0 aliphatic carbocycles. The number of carbonyl (C=O) groups excluding carboxylic acids is 1. The van der Waals surface area contributed by atoms with E-state index in [0.717, 1.165) is 50.5 Å². The van der Waals surface area contributed by atoms with Crippen molar-refractivity contribution in [3.8, 4) is 17.0 Å². The number of amides is 2. The van der Waals surface area contributed by atoms with E-state index in [4.69, 9.17) is 19.0 Å². The van der Waals surface area contributed by atoms with Gasteiger partial charge in [0.05, 0.1) is 37.9 Å². The average Bonchev–Trinajstić information content (AvgIpc) is 3.55. The summed E-state index contributed by atoms with van der Waals surface area (Å²) in [5, 5.41) is 13.8. The molecule has 2 amide bonds. The van der Waals surface area contributed by atoms with Gasteiger partial charge >= 0.3 is 6.03 Å². The highest BCUT2D eigenvalue weighted by Gasteiger charge is 2.20. The summed E-state index contributed by atoms with van der Waals surface area (Å²) in [7, 11) is 0. The van der Waals surface area contributed by atoms with Gasteiger partial charge in [-0.2, -0.15) is 5.10 Å². The first-order valence-electron chi connectivity index (χ1n) is 12.8. The molecule has 1 aliphatic rings. The Morgan fingerprint density at radius 1 is 1.11 bits per heavy atom. The van der Waals surface area contributed by atoms with Gasteiger partial charge in [0.25, 0.3) is 0 Å². The van der Waals surface area contributed by atoms with Gasteiger partial charge in [-0.05, 0) is 18.6 Å². The van der Waals surface area contributed by atoms with E-state index in [1.165, 1.54) is 0 Å². The van der Waals surface area contributed by atoms with Gasteiger partial charge in [0.2, 0.25) is 0 Å². The van der Waals surface area contributed by atoms with Crippen LogP contribution >= 0.6 is 0 Å². The van der Waals surface area contributed by atoms with Gasteiger partial charge in [-0.1, -0.05) is 38.1 Å². The number of ether oxygens (including phenoxy) is 2. The van der Waals surface area contributed by atoms with Gasteiger partial charge in [0.1, 0.15) is 11.5 Å². The summed E-state index contributed by atoms with van der Waals surface area (Å²) in [6, 6.07) is 10.6. The Morgan fingerprint density at radius 2 is 1.89 bits per heavy atom. The molecule has 0 saturated carbocycles. The molecule has 0 radical (unpaired) electrons. The number of imidazole rings is 1. The fourth-order valence-corrected chi connectivity index (χ4v) is 4.07. The van der Waals surface area contributed by atoms with Crippen molar-refractivity contribution in [2.75, 3.05) is 50.1 Å². The van der Waals surface area contributed by atoms with E-state index in [2.05, 4.69) is 25.8 Å². The standard InChI is InChI=1S/C27H33N7O4/c1-27(2,3)23-16-24(32-38-23)31-26(35)29-20-7-5-19(6-8-20)22-18-34-25(30-22)15-21(17-28-34)37-12-4-9-33-10-13-36-14-11-33/h5-8,15-18H,4,9-14H2,1-3H3,(H2,29,31,32,35). The van der Waals surface area contributed by atoms with Gasteiger partial charge in [-0.15, -0.1) is 0 Å². The Bertz CT molecular complexity index is 1370. The summed E-state index contributed by atoms with van der Waals surface area (Å²) in [5.74, 6) is 1.76. The largest absolute Gasteiger partial charge is 0.492 e. The minimum atomic E-state index is -0.402. The van der Waals surface area contributed by atoms with Crippen molar-refractivity contribution in [2.45, 2.75) is 32.6 Å². The van der Waals surface area contributed by atoms with Crippen LogP contribution in [0.4, 0.5) is 16.3 Å². The minimum Gasteiger partial charge on any atom is -0.492 e. The van der Waals surface area contributed by atoms with E-state index < -0.39 is 6.03 Å². The molecular formula is C27H33N7O4. The second-order valence-corrected chi connectivity index (χ2v) is 10.3. The first kappa shape index (κ1) is 25.7. The molecule has 11 nitrogen and oxygen atoms in total. The molecule has 38 heavy (non-hydrogen) atoms. The number of morpholine rings is 1. The second kappa shape index (κ2) is 11.2. The monoisotopic (exact) mass is 519 g/mol. The first-order valence-corrected chi connectivity index (χ1v) is 12.8. The van der Waals surface area contributed by atoms with Crippen LogP contribution in [-0.4, -0.2) is 70.1 Å². The highest BCUT2D eigenvalue weighted by Crippen LogP contribution is 2.25. The number of carbonyl (C=O) groups is 1. The van der Waals surface area contributed by atoms with Gasteiger partial charge in [-0.3, -0.25) is 10.2 Å². The Balaban J connectivity index is 1.15. The number of fused-ring (bicyclic) bond motifs is 1. The van der Waals surface area contributed by atoms with Crippen molar-refractivity contribution in [1.29, 1.82) is 0 Å². The second-order valence-electron chi connectivity index (χ2n) is 10.3. The van der Waals surface area contributed by atoms with E-state index in [0.29, 0.717) is 35.3 Å². The highest BCUT2D eigenvalue weighted by atomic mass is 16.5. The molecule has 1 aliphatic heterocycles. The van der Waals surface area contributed by atoms with Crippen LogP contribution in [0.1, 0.15) is 33.0 Å². The average molecular weight is 520 g/mol. The summed E-state index contributed by atoms with van der Waals surface area (Å²) in [5.41, 5.74) is 2.83. The molecule has 2 N–H and O–H groups in total. The van der Waals surface area contributed by atoms with Crippen molar-refractivity contribution < 1.29 is 18.8 Å². The zero-order valence-electron chi connectivity index (χ0n) is 21.9. The van der Waals surface area contributed by atoms with Crippen LogP contribution in [0, 0.1) is 0 Å². The summed E-state index contributed by atoms with van der Waals surface area (Å²) < 4.78 is 18.3. The van der Waals surface area contributed by atoms with Crippen molar-refractivity contribution in [1.82, 2.24) is 24.7 Å². The van der Waals surface area contributed by atoms with Crippen molar-refractivity contribution >= 4 is 23.2 Å². The minimum absolute atomic E-state index is 0.190. The molecular weight excluding hydrogens is 486 g/mol. The maximum Gasteiger partial charge on any atom is 0.324 e. The molecule has 200 valence electrons. The summed E-state index contributed by atoms with van der Waals surface area (Å²) in [4.78, 5) is 19.5. The fraction of sp³-hybridized carbons (Fsp3) is 0.407. The van der Waals surface area contributed by atoms with Crippen molar-refractivity contribution in [3.63, 3.8) is 0 Å². The lowest BCUT2D eigenvalue weighted by molar-refractivity contribution is 0.0358. The molecule has 0 unspecified atom stereocenters. The van der Waals surface area contributed by atoms with Crippen LogP contribution in [0.5, 0.6) is 5.75 Å². The van der Waals surface area contributed by atoms with Crippen molar-refractivity contribution in [2.24, 2.45) is 0 Å². The number of urea groups is 1. The molecule has 4 heterocycles. The van der Waals surface area contributed by atoms with Gasteiger partial charge in [0, 0.05) is 48.4 Å². The maximum absolute atomic E-state index is 12.4. The van der Waals surface area contributed by atoms with Gasteiger partial charge < -0.3 is 19.3 Å². The Labute approximate surface area is 221 Å². The Morgan fingerprint density at radius 3 is 2.63 bits per heavy atom.